The Morgan fingerprint density at radius 1 is 1.16 bits per heavy atom. The number of nitrogens with one attached hydrogen (secondary N) is 1. The van der Waals surface area contributed by atoms with Crippen LogP contribution in [0.15, 0.2) is 42.5 Å². The maximum absolute atomic E-state index is 14.3. The predicted octanol–water partition coefficient (Wildman–Crippen LogP) is 5.92. The molecule has 2 unspecified atom stereocenters. The summed E-state index contributed by atoms with van der Waals surface area (Å²) in [5.41, 5.74) is 1.84. The fourth-order valence-corrected chi connectivity index (χ4v) is 5.58. The third-order valence-electron chi connectivity index (χ3n) is 7.18. The summed E-state index contributed by atoms with van der Waals surface area (Å²) in [6.07, 6.45) is -3.18. The van der Waals surface area contributed by atoms with Gasteiger partial charge in [0, 0.05) is 37.4 Å². The number of likely N-dealkylation sites (N-methyl/N-ethyl adjacent to an activating group) is 1. The third-order valence-corrected chi connectivity index (χ3v) is 7.18. The van der Waals surface area contributed by atoms with Gasteiger partial charge >= 0.3 is 6.18 Å². The number of halogens is 5. The van der Waals surface area contributed by atoms with E-state index in [-0.39, 0.29) is 23.9 Å². The summed E-state index contributed by atoms with van der Waals surface area (Å²) in [7, 11) is 1.57. The van der Waals surface area contributed by atoms with Crippen molar-refractivity contribution in [2.45, 2.75) is 64.3 Å². The molecule has 1 amide bonds. The summed E-state index contributed by atoms with van der Waals surface area (Å²) in [4.78, 5) is 15.3. The summed E-state index contributed by atoms with van der Waals surface area (Å²) in [6, 6.07) is 9.86. The maximum atomic E-state index is 14.3. The van der Waals surface area contributed by atoms with E-state index in [0.29, 0.717) is 19.5 Å². The highest BCUT2D eigenvalue weighted by Gasteiger charge is 2.39. The van der Waals surface area contributed by atoms with Crippen LogP contribution >= 0.6 is 0 Å². The molecular formula is C28H31F5N4O. The highest BCUT2D eigenvalue weighted by Crippen LogP contribution is 2.40. The van der Waals surface area contributed by atoms with Gasteiger partial charge in [-0.1, -0.05) is 30.3 Å². The van der Waals surface area contributed by atoms with E-state index in [4.69, 9.17) is 5.10 Å². The zero-order chi connectivity index (χ0) is 27.6. The Labute approximate surface area is 218 Å². The number of carbonyl (C=O) groups is 1. The lowest BCUT2D eigenvalue weighted by molar-refractivity contribution is -0.142. The average Bonchev–Trinajstić information content (AvgIpc) is 3.06. The van der Waals surface area contributed by atoms with Crippen molar-refractivity contribution >= 4 is 5.91 Å². The lowest BCUT2D eigenvalue weighted by atomic mass is 9.93. The third kappa shape index (κ3) is 5.45. The molecule has 1 aliphatic rings. The van der Waals surface area contributed by atoms with E-state index in [1.807, 2.05) is 48.9 Å². The van der Waals surface area contributed by atoms with E-state index < -0.39 is 29.4 Å². The normalized spacial score (nSPS) is 17.1. The Balaban J connectivity index is 1.78. The van der Waals surface area contributed by atoms with Gasteiger partial charge in [0.1, 0.15) is 23.2 Å². The number of aryl methyl sites for hydroxylation is 3. The topological polar surface area (TPSA) is 50.2 Å². The zero-order valence-corrected chi connectivity index (χ0v) is 21.6. The number of fused-ring (bicyclic) bond motifs is 1. The molecule has 4 rings (SSSR count). The highest BCUT2D eigenvalue weighted by atomic mass is 19.4. The van der Waals surface area contributed by atoms with Gasteiger partial charge in [0.15, 0.2) is 0 Å². The van der Waals surface area contributed by atoms with Gasteiger partial charge in [0.05, 0.1) is 5.69 Å². The highest BCUT2D eigenvalue weighted by molar-refractivity contribution is 5.83. The minimum Gasteiger partial charge on any atom is -0.358 e. The van der Waals surface area contributed by atoms with Gasteiger partial charge in [0.2, 0.25) is 5.91 Å². The molecule has 204 valence electrons. The Hall–Kier alpha value is -3.27. The molecule has 10 heteroatoms. The van der Waals surface area contributed by atoms with Gasteiger partial charge in [-0.3, -0.25) is 14.4 Å². The van der Waals surface area contributed by atoms with Crippen LogP contribution in [0.3, 0.4) is 0 Å². The van der Waals surface area contributed by atoms with E-state index >= 15 is 0 Å². The van der Waals surface area contributed by atoms with Crippen LogP contribution in [-0.2, 0) is 30.4 Å². The first-order valence-corrected chi connectivity index (χ1v) is 12.7. The van der Waals surface area contributed by atoms with E-state index in [0.717, 1.165) is 47.5 Å². The van der Waals surface area contributed by atoms with Gasteiger partial charge in [-0.05, 0) is 62.8 Å². The van der Waals surface area contributed by atoms with Gasteiger partial charge < -0.3 is 5.32 Å². The monoisotopic (exact) mass is 534 g/mol. The summed E-state index contributed by atoms with van der Waals surface area (Å²) in [5.74, 6) is -3.46. The molecule has 0 radical (unpaired) electrons. The first kappa shape index (κ1) is 27.8. The van der Waals surface area contributed by atoms with Crippen LogP contribution < -0.4 is 5.32 Å². The van der Waals surface area contributed by atoms with Crippen LogP contribution in [0.5, 0.6) is 0 Å². The number of hydrogen-bond acceptors (Lipinski definition) is 3. The van der Waals surface area contributed by atoms with Crippen molar-refractivity contribution in [1.29, 1.82) is 0 Å². The number of amides is 1. The van der Waals surface area contributed by atoms with Crippen LogP contribution in [0.2, 0.25) is 0 Å². The van der Waals surface area contributed by atoms with Crippen LogP contribution in [0, 0.1) is 18.6 Å². The number of carbonyl (C=O) groups excluding carboxylic acids is 1. The number of aromatic nitrogens is 2. The molecule has 0 aliphatic carbocycles. The largest absolute Gasteiger partial charge is 0.422 e. The number of alkyl halides is 3. The first-order valence-electron chi connectivity index (χ1n) is 12.7. The molecule has 2 heterocycles. The molecule has 1 aromatic heterocycles. The van der Waals surface area contributed by atoms with E-state index in [1.165, 1.54) is 0 Å². The molecule has 0 spiro atoms. The Morgan fingerprint density at radius 3 is 2.39 bits per heavy atom. The molecule has 0 bridgehead atoms. The van der Waals surface area contributed by atoms with Gasteiger partial charge in [-0.25, -0.2) is 8.78 Å². The molecule has 2 atom stereocenters. The van der Waals surface area contributed by atoms with Crippen molar-refractivity contribution in [1.82, 2.24) is 20.0 Å². The van der Waals surface area contributed by atoms with E-state index in [9.17, 15) is 26.7 Å². The fraction of sp³-hybridized carbons (Fsp3) is 0.429. The Bertz CT molecular complexity index is 1270. The van der Waals surface area contributed by atoms with Crippen LogP contribution in [-0.4, -0.2) is 34.2 Å². The number of hydrogen-bond donors (Lipinski definition) is 1. The van der Waals surface area contributed by atoms with Crippen molar-refractivity contribution in [3.63, 3.8) is 0 Å². The smallest absolute Gasteiger partial charge is 0.358 e. The molecule has 5 nitrogen and oxygen atoms in total. The first-order chi connectivity index (χ1) is 18.1. The van der Waals surface area contributed by atoms with E-state index in [1.54, 1.807) is 7.05 Å². The zero-order valence-electron chi connectivity index (χ0n) is 21.6. The molecule has 1 aliphatic heterocycles. The second-order valence-corrected chi connectivity index (χ2v) is 9.52. The summed E-state index contributed by atoms with van der Waals surface area (Å²) >= 11 is 0. The van der Waals surface area contributed by atoms with Crippen LogP contribution in [0.25, 0.3) is 0 Å². The SMILES string of the molecule is CCn1nc(C)c2c1CCCN(C(C(=O)NC)c1ccccc1)C2CCc1cc(F)c(C(F)(F)F)c(F)c1. The van der Waals surface area contributed by atoms with Crippen LogP contribution in [0.1, 0.15) is 65.5 Å². The summed E-state index contributed by atoms with van der Waals surface area (Å²) < 4.78 is 69.9. The van der Waals surface area contributed by atoms with Crippen molar-refractivity contribution in [3.05, 3.63) is 87.7 Å². The molecule has 2 aromatic carbocycles. The average molecular weight is 535 g/mol. The second kappa shape index (κ2) is 11.2. The summed E-state index contributed by atoms with van der Waals surface area (Å²) in [6.45, 7) is 5.13. The Morgan fingerprint density at radius 2 is 1.82 bits per heavy atom. The molecule has 0 saturated heterocycles. The fourth-order valence-electron chi connectivity index (χ4n) is 5.58. The number of nitrogens with zero attached hydrogens (tertiary/aromatic N) is 3. The lowest BCUT2D eigenvalue weighted by Crippen LogP contribution is -2.41. The molecule has 3 aromatic rings. The maximum Gasteiger partial charge on any atom is 0.422 e. The van der Waals surface area contributed by atoms with E-state index in [2.05, 4.69) is 10.2 Å². The van der Waals surface area contributed by atoms with Gasteiger partial charge in [0.25, 0.3) is 0 Å². The molecule has 0 fully saturated rings. The van der Waals surface area contributed by atoms with Crippen molar-refractivity contribution < 1.29 is 26.7 Å². The van der Waals surface area contributed by atoms with Crippen molar-refractivity contribution in [3.8, 4) is 0 Å². The minimum atomic E-state index is -5.12. The van der Waals surface area contributed by atoms with Crippen LogP contribution in [0.4, 0.5) is 22.0 Å². The lowest BCUT2D eigenvalue weighted by Gasteiger charge is -2.37. The number of benzene rings is 2. The Kier molecular flexibility index (Phi) is 8.20. The minimum absolute atomic E-state index is 0.110. The quantitative estimate of drug-likeness (QED) is 0.383. The molecule has 38 heavy (non-hydrogen) atoms. The van der Waals surface area contributed by atoms with Gasteiger partial charge in [-0.2, -0.15) is 18.3 Å². The van der Waals surface area contributed by atoms with Gasteiger partial charge in [-0.15, -0.1) is 0 Å². The van der Waals surface area contributed by atoms with Crippen molar-refractivity contribution in [2.75, 3.05) is 13.6 Å². The number of rotatable bonds is 7. The molecule has 1 N–H and O–H groups in total. The van der Waals surface area contributed by atoms with Crippen molar-refractivity contribution in [2.24, 2.45) is 0 Å². The molecular weight excluding hydrogens is 503 g/mol. The second-order valence-electron chi connectivity index (χ2n) is 9.52. The summed E-state index contributed by atoms with van der Waals surface area (Å²) in [5, 5.41) is 7.46. The predicted molar refractivity (Wildman–Crippen MR) is 133 cm³/mol. The standard InChI is InChI=1S/C28H31F5N4O/c1-4-37-23-11-8-14-36(26(27(38)34-3)19-9-6-5-7-10-19)22(24(23)17(2)35-37)13-12-18-15-20(29)25(21(30)16-18)28(31,32)33/h5-7,9-10,15-16,22,26H,4,8,11-14H2,1-3H3,(H,34,38). The molecule has 0 saturated carbocycles.